The molecule has 1 aromatic heterocycles. The van der Waals surface area contributed by atoms with E-state index in [-0.39, 0.29) is 0 Å². The summed E-state index contributed by atoms with van der Waals surface area (Å²) in [5, 5.41) is 0. The van der Waals surface area contributed by atoms with E-state index in [0.717, 1.165) is 23.4 Å². The van der Waals surface area contributed by atoms with Crippen molar-refractivity contribution in [3.05, 3.63) is 47.9 Å². The maximum absolute atomic E-state index is 5.74. The summed E-state index contributed by atoms with van der Waals surface area (Å²) in [6, 6.07) is 9.64. The molecule has 1 heterocycles. The van der Waals surface area contributed by atoms with Crippen molar-refractivity contribution in [2.75, 3.05) is 6.54 Å². The molecule has 0 saturated carbocycles. The summed E-state index contributed by atoms with van der Waals surface area (Å²) in [4.78, 5) is 8.10. The lowest BCUT2D eigenvalue weighted by molar-refractivity contribution is 0.455. The Morgan fingerprint density at radius 3 is 2.82 bits per heavy atom. The molecule has 2 N–H and O–H groups in total. The molecule has 0 fully saturated rings. The van der Waals surface area contributed by atoms with Crippen molar-refractivity contribution in [1.29, 1.82) is 0 Å². The molecular weight excluding hydrogens is 214 g/mol. The van der Waals surface area contributed by atoms with E-state index in [1.165, 1.54) is 6.33 Å². The average Bonchev–Trinajstić information content (AvgIpc) is 2.32. The minimum atomic E-state index is 0.557. The third-order valence-corrected chi connectivity index (χ3v) is 2.38. The molecule has 0 aliphatic carbocycles. The Hall–Kier alpha value is -1.94. The molecule has 0 unspecified atom stereocenters. The van der Waals surface area contributed by atoms with Crippen LogP contribution >= 0.6 is 0 Å². The van der Waals surface area contributed by atoms with Gasteiger partial charge in [0, 0.05) is 11.8 Å². The van der Waals surface area contributed by atoms with Gasteiger partial charge in [0.2, 0.25) is 5.88 Å². The highest BCUT2D eigenvalue weighted by atomic mass is 16.5. The quantitative estimate of drug-likeness (QED) is 0.872. The molecule has 2 rings (SSSR count). The molecular formula is C13H15N3O. The van der Waals surface area contributed by atoms with Gasteiger partial charge in [-0.25, -0.2) is 9.97 Å². The predicted molar refractivity (Wildman–Crippen MR) is 66.0 cm³/mol. The zero-order valence-corrected chi connectivity index (χ0v) is 9.76. The summed E-state index contributed by atoms with van der Waals surface area (Å²) in [6.45, 7) is 2.50. The van der Waals surface area contributed by atoms with E-state index in [1.807, 2.05) is 31.2 Å². The van der Waals surface area contributed by atoms with Gasteiger partial charge in [-0.2, -0.15) is 0 Å². The highest BCUT2D eigenvalue weighted by Crippen LogP contribution is 2.23. The summed E-state index contributed by atoms with van der Waals surface area (Å²) >= 11 is 0. The van der Waals surface area contributed by atoms with Crippen LogP contribution < -0.4 is 10.5 Å². The number of ether oxygens (including phenoxy) is 1. The van der Waals surface area contributed by atoms with Gasteiger partial charge in [0.05, 0.1) is 0 Å². The van der Waals surface area contributed by atoms with Crippen molar-refractivity contribution in [2.45, 2.75) is 13.3 Å². The lowest BCUT2D eigenvalue weighted by Gasteiger charge is -2.09. The van der Waals surface area contributed by atoms with Gasteiger partial charge in [-0.05, 0) is 31.5 Å². The Balaban J connectivity index is 2.23. The second kappa shape index (κ2) is 5.41. The largest absolute Gasteiger partial charge is 0.439 e. The lowest BCUT2D eigenvalue weighted by atomic mass is 10.1. The van der Waals surface area contributed by atoms with E-state index in [9.17, 15) is 0 Å². The van der Waals surface area contributed by atoms with Crippen LogP contribution in [0.1, 0.15) is 11.3 Å². The molecule has 0 atom stereocenters. The molecule has 88 valence electrons. The van der Waals surface area contributed by atoms with E-state index in [0.29, 0.717) is 12.4 Å². The van der Waals surface area contributed by atoms with Gasteiger partial charge in [0.1, 0.15) is 12.1 Å². The molecule has 1 aromatic carbocycles. The third kappa shape index (κ3) is 3.01. The number of nitrogens with zero attached hydrogens (tertiary/aromatic N) is 2. The Morgan fingerprint density at radius 1 is 1.24 bits per heavy atom. The predicted octanol–water partition coefficient (Wildman–Crippen LogP) is 2.08. The Kier molecular flexibility index (Phi) is 3.67. The second-order valence-corrected chi connectivity index (χ2v) is 3.75. The van der Waals surface area contributed by atoms with Crippen molar-refractivity contribution in [3.63, 3.8) is 0 Å². The highest BCUT2D eigenvalue weighted by molar-refractivity contribution is 5.36. The molecule has 0 aliphatic heterocycles. The number of hydrogen-bond donors (Lipinski definition) is 1. The van der Waals surface area contributed by atoms with Crippen LogP contribution in [-0.4, -0.2) is 16.5 Å². The van der Waals surface area contributed by atoms with Gasteiger partial charge < -0.3 is 10.5 Å². The summed E-state index contributed by atoms with van der Waals surface area (Å²) in [5.41, 5.74) is 7.54. The molecule has 4 heteroatoms. The maximum Gasteiger partial charge on any atom is 0.222 e. The van der Waals surface area contributed by atoms with Crippen molar-refractivity contribution >= 4 is 0 Å². The van der Waals surface area contributed by atoms with Crippen molar-refractivity contribution in [3.8, 4) is 11.6 Å². The van der Waals surface area contributed by atoms with E-state index < -0.39 is 0 Å². The van der Waals surface area contributed by atoms with Crippen LogP contribution in [0.3, 0.4) is 0 Å². The van der Waals surface area contributed by atoms with Crippen LogP contribution in [0.4, 0.5) is 0 Å². The number of benzene rings is 1. The van der Waals surface area contributed by atoms with Gasteiger partial charge >= 0.3 is 0 Å². The Morgan fingerprint density at radius 2 is 2.06 bits per heavy atom. The topological polar surface area (TPSA) is 61.0 Å². The fraction of sp³-hybridized carbons (Fsp3) is 0.231. The number of nitrogens with two attached hydrogens (primary N) is 1. The van der Waals surface area contributed by atoms with E-state index in [2.05, 4.69) is 9.97 Å². The zero-order valence-electron chi connectivity index (χ0n) is 9.76. The third-order valence-electron chi connectivity index (χ3n) is 2.38. The van der Waals surface area contributed by atoms with Crippen LogP contribution in [0.25, 0.3) is 0 Å². The fourth-order valence-corrected chi connectivity index (χ4v) is 1.56. The van der Waals surface area contributed by atoms with Crippen LogP contribution in [0.5, 0.6) is 11.6 Å². The standard InChI is InChI=1S/C13H15N3O/c1-10-8-13(16-9-15-10)17-12-5-3-2-4-11(12)6-7-14/h2-5,8-9H,6-7,14H2,1H3. The number of aryl methyl sites for hydroxylation is 1. The molecule has 0 spiro atoms. The minimum absolute atomic E-state index is 0.557. The van der Waals surface area contributed by atoms with E-state index >= 15 is 0 Å². The normalized spacial score (nSPS) is 10.2. The first-order chi connectivity index (χ1) is 8.29. The summed E-state index contributed by atoms with van der Waals surface area (Å²) in [5.74, 6) is 1.36. The van der Waals surface area contributed by atoms with Crippen LogP contribution in [0.2, 0.25) is 0 Å². The van der Waals surface area contributed by atoms with Crippen LogP contribution in [-0.2, 0) is 6.42 Å². The van der Waals surface area contributed by atoms with Crippen molar-refractivity contribution in [1.82, 2.24) is 9.97 Å². The van der Waals surface area contributed by atoms with Gasteiger partial charge in [0.15, 0.2) is 0 Å². The first-order valence-electron chi connectivity index (χ1n) is 5.54. The number of hydrogen-bond acceptors (Lipinski definition) is 4. The van der Waals surface area contributed by atoms with Gasteiger partial charge in [-0.15, -0.1) is 0 Å². The lowest BCUT2D eigenvalue weighted by Crippen LogP contribution is -2.04. The SMILES string of the molecule is Cc1cc(Oc2ccccc2CCN)ncn1. The van der Waals surface area contributed by atoms with Crippen molar-refractivity contribution in [2.24, 2.45) is 5.73 Å². The molecule has 2 aromatic rings. The molecule has 0 bridgehead atoms. The summed E-state index contributed by atoms with van der Waals surface area (Å²) in [6.07, 6.45) is 2.29. The highest BCUT2D eigenvalue weighted by Gasteiger charge is 2.04. The molecule has 0 amide bonds. The van der Waals surface area contributed by atoms with Gasteiger partial charge in [0.25, 0.3) is 0 Å². The maximum atomic E-state index is 5.74. The smallest absolute Gasteiger partial charge is 0.222 e. The molecule has 0 saturated heterocycles. The van der Waals surface area contributed by atoms with Gasteiger partial charge in [-0.3, -0.25) is 0 Å². The zero-order chi connectivity index (χ0) is 12.1. The summed E-state index contributed by atoms with van der Waals surface area (Å²) in [7, 11) is 0. The van der Waals surface area contributed by atoms with Crippen molar-refractivity contribution < 1.29 is 4.74 Å². The average molecular weight is 229 g/mol. The number of para-hydroxylation sites is 1. The molecule has 4 nitrogen and oxygen atoms in total. The van der Waals surface area contributed by atoms with Gasteiger partial charge in [-0.1, -0.05) is 18.2 Å². The molecule has 0 aliphatic rings. The molecule has 17 heavy (non-hydrogen) atoms. The van der Waals surface area contributed by atoms with E-state index in [1.54, 1.807) is 6.07 Å². The van der Waals surface area contributed by atoms with Crippen LogP contribution in [0.15, 0.2) is 36.7 Å². The van der Waals surface area contributed by atoms with Crippen LogP contribution in [0, 0.1) is 6.92 Å². The minimum Gasteiger partial charge on any atom is -0.439 e. The summed E-state index contributed by atoms with van der Waals surface area (Å²) < 4.78 is 5.74. The first-order valence-corrected chi connectivity index (χ1v) is 5.54. The number of rotatable bonds is 4. The van der Waals surface area contributed by atoms with E-state index in [4.69, 9.17) is 10.5 Å². The monoisotopic (exact) mass is 229 g/mol. The molecule has 0 radical (unpaired) electrons. The fourth-order valence-electron chi connectivity index (χ4n) is 1.56. The second-order valence-electron chi connectivity index (χ2n) is 3.75. The first kappa shape index (κ1) is 11.5. The Bertz CT molecular complexity index is 500. The number of aromatic nitrogens is 2. The Labute approximate surface area is 100 Å².